The number of aliphatic carboxylic acids is 1. The molecule has 2 aromatic heterocycles. The first-order valence-electron chi connectivity index (χ1n) is 11.3. The highest BCUT2D eigenvalue weighted by molar-refractivity contribution is 6.21. The standard InChI is InChI=1S/C28H26N4O5/c1-17-7-8-19(15-23(17)32-28-30-11-9-22(31-28)20-6-5-10-29-16-20)21(27(33)34)12-18-13-24(35-2)26(37-4)25(14-18)36-3/h5-16H,1-4H3,(H,33,34)(H,30,31,32)/b21-12+. The zero-order valence-electron chi connectivity index (χ0n) is 20.9. The zero-order valence-corrected chi connectivity index (χ0v) is 20.9. The second-order valence-electron chi connectivity index (χ2n) is 7.98. The van der Waals surface area contributed by atoms with Gasteiger partial charge in [0.15, 0.2) is 11.5 Å². The van der Waals surface area contributed by atoms with Crippen LogP contribution in [0.4, 0.5) is 11.6 Å². The first-order valence-corrected chi connectivity index (χ1v) is 11.3. The molecule has 2 N–H and O–H groups in total. The molecule has 2 heterocycles. The van der Waals surface area contributed by atoms with Crippen molar-refractivity contribution in [2.24, 2.45) is 0 Å². The number of carbonyl (C=O) groups is 1. The van der Waals surface area contributed by atoms with Crippen LogP contribution < -0.4 is 19.5 Å². The van der Waals surface area contributed by atoms with Crippen molar-refractivity contribution < 1.29 is 24.1 Å². The Hall–Kier alpha value is -4.92. The van der Waals surface area contributed by atoms with Crippen molar-refractivity contribution in [3.63, 3.8) is 0 Å². The summed E-state index contributed by atoms with van der Waals surface area (Å²) in [6, 6.07) is 14.3. The minimum absolute atomic E-state index is 0.0855. The van der Waals surface area contributed by atoms with Gasteiger partial charge in [-0.1, -0.05) is 12.1 Å². The van der Waals surface area contributed by atoms with E-state index >= 15 is 0 Å². The smallest absolute Gasteiger partial charge is 0.336 e. The molecule has 0 fully saturated rings. The van der Waals surface area contributed by atoms with E-state index in [-0.39, 0.29) is 5.57 Å². The molecular weight excluding hydrogens is 472 g/mol. The van der Waals surface area contributed by atoms with Crippen molar-refractivity contribution in [3.05, 3.63) is 83.8 Å². The highest BCUT2D eigenvalue weighted by Crippen LogP contribution is 2.39. The number of carboxylic acids is 1. The Bertz CT molecular complexity index is 1430. The van der Waals surface area contributed by atoms with Crippen molar-refractivity contribution >= 4 is 29.3 Å². The van der Waals surface area contributed by atoms with Gasteiger partial charge in [0.2, 0.25) is 11.7 Å². The van der Waals surface area contributed by atoms with Gasteiger partial charge in [-0.3, -0.25) is 4.98 Å². The molecule has 4 aromatic rings. The highest BCUT2D eigenvalue weighted by atomic mass is 16.5. The Morgan fingerprint density at radius 1 is 0.973 bits per heavy atom. The molecule has 0 bridgehead atoms. The summed E-state index contributed by atoms with van der Waals surface area (Å²) in [5, 5.41) is 13.3. The molecule has 9 nitrogen and oxygen atoms in total. The zero-order chi connectivity index (χ0) is 26.4. The van der Waals surface area contributed by atoms with Crippen LogP contribution in [0.5, 0.6) is 17.2 Å². The molecule has 0 unspecified atom stereocenters. The topological polar surface area (TPSA) is 116 Å². The number of nitrogens with zero attached hydrogens (tertiary/aromatic N) is 3. The molecule has 9 heteroatoms. The molecule has 0 atom stereocenters. The summed E-state index contributed by atoms with van der Waals surface area (Å²) in [5.74, 6) is 0.573. The number of nitrogens with one attached hydrogen (secondary N) is 1. The van der Waals surface area contributed by atoms with E-state index in [1.165, 1.54) is 21.3 Å². The third kappa shape index (κ3) is 5.67. The average Bonchev–Trinajstić information content (AvgIpc) is 2.92. The number of pyridine rings is 1. The minimum Gasteiger partial charge on any atom is -0.493 e. The van der Waals surface area contributed by atoms with E-state index in [4.69, 9.17) is 14.2 Å². The van der Waals surface area contributed by atoms with E-state index in [1.54, 1.807) is 55.0 Å². The summed E-state index contributed by atoms with van der Waals surface area (Å²) in [5.41, 5.74) is 4.32. The third-order valence-corrected chi connectivity index (χ3v) is 5.64. The van der Waals surface area contributed by atoms with Gasteiger partial charge in [-0.15, -0.1) is 0 Å². The monoisotopic (exact) mass is 498 g/mol. The van der Waals surface area contributed by atoms with Crippen LogP contribution in [-0.4, -0.2) is 47.4 Å². The Balaban J connectivity index is 1.71. The Labute approximate surface area is 214 Å². The third-order valence-electron chi connectivity index (χ3n) is 5.64. The van der Waals surface area contributed by atoms with E-state index in [9.17, 15) is 9.90 Å². The molecule has 2 aromatic carbocycles. The second kappa shape index (κ2) is 11.2. The van der Waals surface area contributed by atoms with Crippen LogP contribution in [0.25, 0.3) is 22.9 Å². The fraction of sp³-hybridized carbons (Fsp3) is 0.143. The maximum Gasteiger partial charge on any atom is 0.336 e. The molecule has 188 valence electrons. The van der Waals surface area contributed by atoms with Crippen LogP contribution in [0.15, 0.2) is 67.1 Å². The molecule has 0 saturated carbocycles. The van der Waals surface area contributed by atoms with Gasteiger partial charge in [0, 0.05) is 29.8 Å². The number of hydrogen-bond acceptors (Lipinski definition) is 8. The van der Waals surface area contributed by atoms with Crippen LogP contribution in [0, 0.1) is 6.92 Å². The molecule has 0 aliphatic carbocycles. The minimum atomic E-state index is -1.08. The number of ether oxygens (including phenoxy) is 3. The van der Waals surface area contributed by atoms with E-state index in [1.807, 2.05) is 25.1 Å². The molecule has 0 saturated heterocycles. The van der Waals surface area contributed by atoms with Gasteiger partial charge in [-0.05, 0) is 66.1 Å². The van der Waals surface area contributed by atoms with Gasteiger partial charge in [-0.2, -0.15) is 0 Å². The van der Waals surface area contributed by atoms with E-state index in [0.29, 0.717) is 45.7 Å². The first-order chi connectivity index (χ1) is 17.9. The van der Waals surface area contributed by atoms with Gasteiger partial charge in [0.05, 0.1) is 32.6 Å². The molecular formula is C28H26N4O5. The molecule has 0 aliphatic heterocycles. The Morgan fingerprint density at radius 2 is 1.73 bits per heavy atom. The first kappa shape index (κ1) is 25.2. The van der Waals surface area contributed by atoms with Crippen molar-refractivity contribution in [1.82, 2.24) is 15.0 Å². The summed E-state index contributed by atoms with van der Waals surface area (Å²) >= 11 is 0. The lowest BCUT2D eigenvalue weighted by atomic mass is 10.00. The van der Waals surface area contributed by atoms with Crippen molar-refractivity contribution in [2.45, 2.75) is 6.92 Å². The number of anilines is 2. The second-order valence-corrected chi connectivity index (χ2v) is 7.98. The van der Waals surface area contributed by atoms with Crippen LogP contribution in [0.3, 0.4) is 0 Å². The van der Waals surface area contributed by atoms with Crippen molar-refractivity contribution in [1.29, 1.82) is 0 Å². The van der Waals surface area contributed by atoms with E-state index < -0.39 is 5.97 Å². The maximum atomic E-state index is 12.3. The van der Waals surface area contributed by atoms with Crippen LogP contribution >= 0.6 is 0 Å². The summed E-state index contributed by atoms with van der Waals surface area (Å²) in [7, 11) is 4.52. The Kier molecular flexibility index (Phi) is 7.63. The highest BCUT2D eigenvalue weighted by Gasteiger charge is 2.16. The number of hydrogen-bond donors (Lipinski definition) is 2. The lowest BCUT2D eigenvalue weighted by molar-refractivity contribution is -0.130. The maximum absolute atomic E-state index is 12.3. The molecule has 0 amide bonds. The fourth-order valence-electron chi connectivity index (χ4n) is 3.76. The van der Waals surface area contributed by atoms with E-state index in [2.05, 4.69) is 20.3 Å². The molecule has 0 radical (unpaired) electrons. The van der Waals surface area contributed by atoms with Gasteiger partial charge >= 0.3 is 5.97 Å². The molecule has 37 heavy (non-hydrogen) atoms. The average molecular weight is 499 g/mol. The van der Waals surface area contributed by atoms with Gasteiger partial charge in [-0.25, -0.2) is 14.8 Å². The van der Waals surface area contributed by atoms with Crippen LogP contribution in [0.2, 0.25) is 0 Å². The normalized spacial score (nSPS) is 11.1. The Morgan fingerprint density at radius 3 is 2.35 bits per heavy atom. The van der Waals surface area contributed by atoms with Crippen LogP contribution in [-0.2, 0) is 4.79 Å². The predicted octanol–water partition coefficient (Wildman–Crippen LogP) is 5.24. The quantitative estimate of drug-likeness (QED) is 0.236. The number of aryl methyl sites for hydroxylation is 1. The number of methoxy groups -OCH3 is 3. The number of benzene rings is 2. The summed E-state index contributed by atoms with van der Waals surface area (Å²) in [6.07, 6.45) is 6.64. The largest absolute Gasteiger partial charge is 0.493 e. The van der Waals surface area contributed by atoms with Crippen molar-refractivity contribution in [2.75, 3.05) is 26.6 Å². The van der Waals surface area contributed by atoms with E-state index in [0.717, 1.165) is 11.1 Å². The van der Waals surface area contributed by atoms with Gasteiger partial charge in [0.1, 0.15) is 0 Å². The summed E-state index contributed by atoms with van der Waals surface area (Å²) in [4.78, 5) is 25.3. The number of aromatic nitrogens is 3. The van der Waals surface area contributed by atoms with Gasteiger partial charge in [0.25, 0.3) is 0 Å². The molecule has 0 spiro atoms. The summed E-state index contributed by atoms with van der Waals surface area (Å²) < 4.78 is 16.2. The molecule has 4 rings (SSSR count). The lowest BCUT2D eigenvalue weighted by Gasteiger charge is -2.14. The number of rotatable bonds is 9. The summed E-state index contributed by atoms with van der Waals surface area (Å²) in [6.45, 7) is 1.92. The fourth-order valence-corrected chi connectivity index (χ4v) is 3.76. The number of carboxylic acid groups (broad SMARTS) is 1. The van der Waals surface area contributed by atoms with Crippen LogP contribution in [0.1, 0.15) is 16.7 Å². The lowest BCUT2D eigenvalue weighted by Crippen LogP contribution is -2.03. The van der Waals surface area contributed by atoms with Gasteiger partial charge < -0.3 is 24.6 Å². The molecule has 0 aliphatic rings. The van der Waals surface area contributed by atoms with Crippen molar-refractivity contribution in [3.8, 4) is 28.5 Å². The SMILES string of the molecule is COc1cc(/C=C(/C(=O)O)c2ccc(C)c(Nc3nccc(-c4cccnc4)n3)c2)cc(OC)c1OC. The predicted molar refractivity (Wildman–Crippen MR) is 141 cm³/mol.